The largest absolute Gasteiger partial charge is 0.306 e. The van der Waals surface area contributed by atoms with Crippen molar-refractivity contribution in [2.75, 3.05) is 11.5 Å². The predicted molar refractivity (Wildman–Crippen MR) is 74.5 cm³/mol. The van der Waals surface area contributed by atoms with Crippen LogP contribution in [0.1, 0.15) is 24.6 Å². The first-order valence-electron chi connectivity index (χ1n) is 6.11. The van der Waals surface area contributed by atoms with Gasteiger partial charge in [-0.05, 0) is 41.9 Å². The third kappa shape index (κ3) is 2.12. The fourth-order valence-electron chi connectivity index (χ4n) is 2.19. The number of pyridine rings is 1. The van der Waals surface area contributed by atoms with Crippen LogP contribution in [0.25, 0.3) is 11.2 Å². The molecule has 3 heterocycles. The van der Waals surface area contributed by atoms with Crippen LogP contribution < -0.4 is 0 Å². The van der Waals surface area contributed by atoms with Gasteiger partial charge in [-0.25, -0.2) is 4.98 Å². The Bertz CT molecular complexity index is 569. The summed E-state index contributed by atoms with van der Waals surface area (Å²) in [6.45, 7) is 2.14. The van der Waals surface area contributed by atoms with E-state index in [0.29, 0.717) is 0 Å². The highest BCUT2D eigenvalue weighted by molar-refractivity contribution is 7.99. The van der Waals surface area contributed by atoms with E-state index in [9.17, 15) is 0 Å². The van der Waals surface area contributed by atoms with Crippen molar-refractivity contribution in [3.05, 3.63) is 41.9 Å². The van der Waals surface area contributed by atoms with Crippen molar-refractivity contribution < 1.29 is 0 Å². The number of aryl methyl sites for hydroxylation is 1. The van der Waals surface area contributed by atoms with E-state index < -0.39 is 0 Å². The number of nitrogens with zero attached hydrogens (tertiary/aromatic N) is 2. The standard InChI is InChI=1S/C14H16N2S/c1-2-13-10-16-9-12(3-4-14(16)15-13)11-5-7-17-8-6-11/h3-5,9-10H,2,6-8H2,1H3. The van der Waals surface area contributed by atoms with E-state index in [-0.39, 0.29) is 0 Å². The van der Waals surface area contributed by atoms with Gasteiger partial charge in [-0.15, -0.1) is 0 Å². The van der Waals surface area contributed by atoms with Crippen LogP contribution in [0.2, 0.25) is 0 Å². The minimum Gasteiger partial charge on any atom is -0.306 e. The van der Waals surface area contributed by atoms with Crippen molar-refractivity contribution in [2.24, 2.45) is 0 Å². The molecule has 0 amide bonds. The fourth-order valence-corrected chi connectivity index (χ4v) is 3.04. The van der Waals surface area contributed by atoms with Gasteiger partial charge >= 0.3 is 0 Å². The van der Waals surface area contributed by atoms with E-state index in [1.165, 1.54) is 23.3 Å². The summed E-state index contributed by atoms with van der Waals surface area (Å²) < 4.78 is 2.15. The zero-order valence-corrected chi connectivity index (χ0v) is 10.8. The van der Waals surface area contributed by atoms with E-state index in [0.717, 1.165) is 23.5 Å². The molecule has 2 aromatic rings. The maximum atomic E-state index is 4.56. The van der Waals surface area contributed by atoms with Crippen LogP contribution in [-0.2, 0) is 6.42 Å². The summed E-state index contributed by atoms with van der Waals surface area (Å²) in [6, 6.07) is 4.32. The Morgan fingerprint density at radius 1 is 1.35 bits per heavy atom. The molecule has 0 aliphatic carbocycles. The van der Waals surface area contributed by atoms with Gasteiger partial charge in [0.25, 0.3) is 0 Å². The summed E-state index contributed by atoms with van der Waals surface area (Å²) in [5.41, 5.74) is 5.04. The maximum absolute atomic E-state index is 4.56. The lowest BCUT2D eigenvalue weighted by Gasteiger charge is -2.12. The molecule has 0 fully saturated rings. The van der Waals surface area contributed by atoms with Crippen molar-refractivity contribution in [1.82, 2.24) is 9.38 Å². The molecule has 3 rings (SSSR count). The van der Waals surface area contributed by atoms with Crippen molar-refractivity contribution in [2.45, 2.75) is 19.8 Å². The van der Waals surface area contributed by atoms with Crippen molar-refractivity contribution >= 4 is 23.0 Å². The number of hydrogen-bond acceptors (Lipinski definition) is 2. The van der Waals surface area contributed by atoms with Gasteiger partial charge in [0.05, 0.1) is 5.69 Å². The van der Waals surface area contributed by atoms with Crippen LogP contribution in [0.5, 0.6) is 0 Å². The molecule has 0 spiro atoms. The number of fused-ring (bicyclic) bond motifs is 1. The van der Waals surface area contributed by atoms with E-state index in [1.54, 1.807) is 0 Å². The van der Waals surface area contributed by atoms with Gasteiger partial charge in [0.1, 0.15) is 5.65 Å². The topological polar surface area (TPSA) is 17.3 Å². The summed E-state index contributed by atoms with van der Waals surface area (Å²) in [4.78, 5) is 4.56. The number of rotatable bonds is 2. The molecule has 0 atom stereocenters. The minimum atomic E-state index is 0.996. The molecular formula is C14H16N2S. The molecule has 0 bridgehead atoms. The Balaban J connectivity index is 2.03. The van der Waals surface area contributed by atoms with E-state index in [1.807, 2.05) is 11.8 Å². The monoisotopic (exact) mass is 244 g/mol. The van der Waals surface area contributed by atoms with Gasteiger partial charge in [-0.2, -0.15) is 11.8 Å². The molecule has 2 nitrogen and oxygen atoms in total. The average molecular weight is 244 g/mol. The third-order valence-corrected chi connectivity index (χ3v) is 4.09. The lowest BCUT2D eigenvalue weighted by Crippen LogP contribution is -1.96. The highest BCUT2D eigenvalue weighted by Gasteiger charge is 2.08. The van der Waals surface area contributed by atoms with Crippen molar-refractivity contribution in [3.8, 4) is 0 Å². The maximum Gasteiger partial charge on any atom is 0.137 e. The Morgan fingerprint density at radius 2 is 2.29 bits per heavy atom. The number of thioether (sulfide) groups is 1. The molecule has 3 heteroatoms. The van der Waals surface area contributed by atoms with Gasteiger partial charge in [0.15, 0.2) is 0 Å². The molecule has 88 valence electrons. The molecule has 1 aliphatic heterocycles. The minimum absolute atomic E-state index is 0.996. The molecule has 0 saturated carbocycles. The normalized spacial score (nSPS) is 16.2. The highest BCUT2D eigenvalue weighted by Crippen LogP contribution is 2.26. The van der Waals surface area contributed by atoms with Crippen LogP contribution in [0, 0.1) is 0 Å². The number of allylic oxidation sites excluding steroid dienone is 1. The molecule has 0 aromatic carbocycles. The van der Waals surface area contributed by atoms with Crippen LogP contribution in [0.4, 0.5) is 0 Å². The zero-order chi connectivity index (χ0) is 11.7. The van der Waals surface area contributed by atoms with Gasteiger partial charge in [-0.1, -0.05) is 13.0 Å². The second-order valence-corrected chi connectivity index (χ2v) is 5.47. The lowest BCUT2D eigenvalue weighted by atomic mass is 10.1. The van der Waals surface area contributed by atoms with E-state index in [4.69, 9.17) is 0 Å². The zero-order valence-electron chi connectivity index (χ0n) is 10.0. The smallest absolute Gasteiger partial charge is 0.137 e. The SMILES string of the molecule is CCc1cn2cc(C3=CCSCC3)ccc2n1. The molecular weight excluding hydrogens is 228 g/mol. The number of hydrogen-bond donors (Lipinski definition) is 0. The molecule has 0 N–H and O–H groups in total. The molecule has 0 saturated heterocycles. The Labute approximate surface area is 106 Å². The Hall–Kier alpha value is -1.22. The second kappa shape index (κ2) is 4.57. The molecule has 0 radical (unpaired) electrons. The summed E-state index contributed by atoms with van der Waals surface area (Å²) in [5, 5.41) is 0. The fraction of sp³-hybridized carbons (Fsp3) is 0.357. The average Bonchev–Trinajstić information content (AvgIpc) is 2.81. The van der Waals surface area contributed by atoms with Crippen LogP contribution in [-0.4, -0.2) is 20.9 Å². The summed E-state index contributed by atoms with van der Waals surface area (Å²) in [7, 11) is 0. The van der Waals surface area contributed by atoms with Crippen molar-refractivity contribution in [1.29, 1.82) is 0 Å². The van der Waals surface area contributed by atoms with E-state index in [2.05, 4.69) is 46.9 Å². The van der Waals surface area contributed by atoms with Gasteiger partial charge in [0, 0.05) is 18.1 Å². The van der Waals surface area contributed by atoms with Gasteiger partial charge in [0.2, 0.25) is 0 Å². The van der Waals surface area contributed by atoms with Crippen molar-refractivity contribution in [3.63, 3.8) is 0 Å². The predicted octanol–water partition coefficient (Wildman–Crippen LogP) is 3.42. The first-order valence-corrected chi connectivity index (χ1v) is 7.27. The molecule has 17 heavy (non-hydrogen) atoms. The van der Waals surface area contributed by atoms with Crippen LogP contribution in [0.3, 0.4) is 0 Å². The lowest BCUT2D eigenvalue weighted by molar-refractivity contribution is 1.07. The van der Waals surface area contributed by atoms with Crippen LogP contribution in [0.15, 0.2) is 30.6 Å². The summed E-state index contributed by atoms with van der Waals surface area (Å²) in [6.07, 6.45) is 8.88. The molecule has 2 aromatic heterocycles. The van der Waals surface area contributed by atoms with Gasteiger partial charge in [-0.3, -0.25) is 0 Å². The van der Waals surface area contributed by atoms with Crippen LogP contribution >= 0.6 is 11.8 Å². The summed E-state index contributed by atoms with van der Waals surface area (Å²) >= 11 is 2.01. The van der Waals surface area contributed by atoms with E-state index >= 15 is 0 Å². The Kier molecular flexibility index (Phi) is 2.93. The first-order chi connectivity index (χ1) is 8.36. The molecule has 1 aliphatic rings. The Morgan fingerprint density at radius 3 is 3.06 bits per heavy atom. The number of aromatic nitrogens is 2. The second-order valence-electron chi connectivity index (χ2n) is 4.32. The first kappa shape index (κ1) is 10.9. The van der Waals surface area contributed by atoms with Gasteiger partial charge < -0.3 is 4.40 Å². The number of imidazole rings is 1. The quantitative estimate of drug-likeness (QED) is 0.805. The highest BCUT2D eigenvalue weighted by atomic mass is 32.2. The molecule has 0 unspecified atom stereocenters. The summed E-state index contributed by atoms with van der Waals surface area (Å²) in [5.74, 6) is 2.39. The third-order valence-electron chi connectivity index (χ3n) is 3.20.